The number of nitrogens with one attached hydrogen (secondary N) is 1. The third-order valence-corrected chi connectivity index (χ3v) is 3.78. The number of hydrogen-bond acceptors (Lipinski definition) is 3. The fraction of sp³-hybridized carbons (Fsp3) is 0.294. The lowest BCUT2D eigenvalue weighted by Crippen LogP contribution is -2.21. The van der Waals surface area contributed by atoms with E-state index in [2.05, 4.69) is 57.3 Å². The third-order valence-electron chi connectivity index (χ3n) is 3.78. The van der Waals surface area contributed by atoms with Crippen LogP contribution in [0.3, 0.4) is 0 Å². The Balaban J connectivity index is 2.08. The fourth-order valence-corrected chi connectivity index (χ4v) is 2.80. The number of aromatic nitrogens is 3. The first-order chi connectivity index (χ1) is 10.2. The molecule has 0 aliphatic carbocycles. The lowest BCUT2D eigenvalue weighted by Gasteiger charge is -2.18. The van der Waals surface area contributed by atoms with E-state index in [4.69, 9.17) is 0 Å². The Labute approximate surface area is 124 Å². The van der Waals surface area contributed by atoms with Gasteiger partial charge in [-0.25, -0.2) is 0 Å². The van der Waals surface area contributed by atoms with Crippen molar-refractivity contribution in [2.45, 2.75) is 26.4 Å². The Bertz CT molecular complexity index is 760. The van der Waals surface area contributed by atoms with Gasteiger partial charge in [-0.1, -0.05) is 18.2 Å². The second-order valence-electron chi connectivity index (χ2n) is 5.20. The molecule has 108 valence electrons. The van der Waals surface area contributed by atoms with Crippen LogP contribution in [-0.4, -0.2) is 21.8 Å². The van der Waals surface area contributed by atoms with Gasteiger partial charge in [0.05, 0.1) is 22.9 Å². The molecular formula is C17H20N4. The maximum Gasteiger partial charge on any atom is 0.0746 e. The summed E-state index contributed by atoms with van der Waals surface area (Å²) in [7, 11) is 1.98. The van der Waals surface area contributed by atoms with Crippen LogP contribution < -0.4 is 5.32 Å². The maximum atomic E-state index is 4.55. The zero-order chi connectivity index (χ0) is 14.8. The molecule has 1 N–H and O–H groups in total. The van der Waals surface area contributed by atoms with Gasteiger partial charge in [0.25, 0.3) is 0 Å². The van der Waals surface area contributed by atoms with E-state index < -0.39 is 0 Å². The highest BCUT2D eigenvalue weighted by Crippen LogP contribution is 2.25. The highest BCUT2D eigenvalue weighted by molar-refractivity contribution is 5.79. The van der Waals surface area contributed by atoms with Gasteiger partial charge < -0.3 is 5.32 Å². The molecule has 0 radical (unpaired) electrons. The predicted molar refractivity (Wildman–Crippen MR) is 85.3 cm³/mol. The Morgan fingerprint density at radius 2 is 2.10 bits per heavy atom. The van der Waals surface area contributed by atoms with Crippen LogP contribution in [0.15, 0.2) is 42.6 Å². The van der Waals surface area contributed by atoms with E-state index in [1.807, 2.05) is 26.2 Å². The number of rotatable bonds is 4. The summed E-state index contributed by atoms with van der Waals surface area (Å²) in [5.74, 6) is 0. The molecule has 3 rings (SSSR count). The van der Waals surface area contributed by atoms with Crippen LogP contribution in [0.5, 0.6) is 0 Å². The molecule has 1 unspecified atom stereocenters. The van der Waals surface area contributed by atoms with Gasteiger partial charge >= 0.3 is 0 Å². The average molecular weight is 280 g/mol. The molecule has 0 fully saturated rings. The summed E-state index contributed by atoms with van der Waals surface area (Å²) in [5, 5.41) is 9.11. The maximum absolute atomic E-state index is 4.55. The van der Waals surface area contributed by atoms with Gasteiger partial charge in [0, 0.05) is 18.1 Å². The molecule has 0 amide bonds. The lowest BCUT2D eigenvalue weighted by atomic mass is 10.0. The first-order valence-corrected chi connectivity index (χ1v) is 7.29. The van der Waals surface area contributed by atoms with Crippen molar-refractivity contribution in [3.8, 4) is 0 Å². The normalized spacial score (nSPS) is 12.7. The molecule has 0 bridgehead atoms. The second kappa shape index (κ2) is 5.66. The summed E-state index contributed by atoms with van der Waals surface area (Å²) in [4.78, 5) is 4.45. The average Bonchev–Trinajstić information content (AvgIpc) is 2.89. The minimum Gasteiger partial charge on any atom is -0.308 e. The van der Waals surface area contributed by atoms with Crippen LogP contribution in [0, 0.1) is 6.92 Å². The summed E-state index contributed by atoms with van der Waals surface area (Å²) in [6, 6.07) is 12.8. The van der Waals surface area contributed by atoms with E-state index in [-0.39, 0.29) is 6.04 Å². The summed E-state index contributed by atoms with van der Waals surface area (Å²) in [5.41, 5.74) is 4.46. The standard InChI is InChI=1S/C17H20N4/c1-4-21-16(10-12(2)20-21)17(18-3)14-8-7-13-6-5-9-19-15(13)11-14/h5-11,17-18H,4H2,1-3H3. The molecule has 0 saturated carbocycles. The van der Waals surface area contributed by atoms with Gasteiger partial charge in [-0.15, -0.1) is 0 Å². The fourth-order valence-electron chi connectivity index (χ4n) is 2.80. The molecule has 0 spiro atoms. The van der Waals surface area contributed by atoms with Gasteiger partial charge in [-0.2, -0.15) is 5.10 Å². The zero-order valence-corrected chi connectivity index (χ0v) is 12.7. The molecule has 2 aromatic heterocycles. The molecule has 4 heteroatoms. The number of hydrogen-bond donors (Lipinski definition) is 1. The van der Waals surface area contributed by atoms with Crippen LogP contribution in [0.25, 0.3) is 10.9 Å². The molecule has 1 atom stereocenters. The minimum atomic E-state index is 0.123. The van der Waals surface area contributed by atoms with Crippen molar-refractivity contribution in [2.24, 2.45) is 0 Å². The number of benzene rings is 1. The second-order valence-corrected chi connectivity index (χ2v) is 5.20. The summed E-state index contributed by atoms with van der Waals surface area (Å²) in [6.45, 7) is 5.02. The molecule has 0 aliphatic heterocycles. The van der Waals surface area contributed by atoms with Crippen LogP contribution in [0.4, 0.5) is 0 Å². The Morgan fingerprint density at radius 3 is 2.86 bits per heavy atom. The van der Waals surface area contributed by atoms with Crippen molar-refractivity contribution >= 4 is 10.9 Å². The molecule has 1 aromatic carbocycles. The largest absolute Gasteiger partial charge is 0.308 e. The van der Waals surface area contributed by atoms with Crippen LogP contribution in [0.2, 0.25) is 0 Å². The monoisotopic (exact) mass is 280 g/mol. The highest BCUT2D eigenvalue weighted by Gasteiger charge is 2.17. The first-order valence-electron chi connectivity index (χ1n) is 7.29. The molecular weight excluding hydrogens is 260 g/mol. The zero-order valence-electron chi connectivity index (χ0n) is 12.7. The van der Waals surface area contributed by atoms with E-state index in [1.165, 1.54) is 11.3 Å². The predicted octanol–water partition coefficient (Wildman–Crippen LogP) is 3.07. The van der Waals surface area contributed by atoms with Crippen molar-refractivity contribution < 1.29 is 0 Å². The van der Waals surface area contributed by atoms with Crippen molar-refractivity contribution in [1.29, 1.82) is 0 Å². The van der Waals surface area contributed by atoms with Crippen LogP contribution in [0.1, 0.15) is 29.9 Å². The van der Waals surface area contributed by atoms with Gasteiger partial charge in [-0.05, 0) is 44.7 Å². The van der Waals surface area contributed by atoms with E-state index in [0.29, 0.717) is 0 Å². The van der Waals surface area contributed by atoms with Gasteiger partial charge in [0.1, 0.15) is 0 Å². The quantitative estimate of drug-likeness (QED) is 0.798. The van der Waals surface area contributed by atoms with Crippen LogP contribution in [-0.2, 0) is 6.54 Å². The van der Waals surface area contributed by atoms with Gasteiger partial charge in [0.15, 0.2) is 0 Å². The number of aryl methyl sites for hydroxylation is 2. The Hall–Kier alpha value is -2.20. The smallest absolute Gasteiger partial charge is 0.0746 e. The van der Waals surface area contributed by atoms with Gasteiger partial charge in [0.2, 0.25) is 0 Å². The third kappa shape index (κ3) is 2.54. The number of nitrogens with zero attached hydrogens (tertiary/aromatic N) is 3. The molecule has 2 heterocycles. The highest BCUT2D eigenvalue weighted by atomic mass is 15.3. The number of pyridine rings is 1. The number of fused-ring (bicyclic) bond motifs is 1. The van der Waals surface area contributed by atoms with Crippen LogP contribution >= 0.6 is 0 Å². The molecule has 21 heavy (non-hydrogen) atoms. The van der Waals surface area contributed by atoms with Crippen molar-refractivity contribution in [2.75, 3.05) is 7.05 Å². The molecule has 0 aliphatic rings. The molecule has 0 saturated heterocycles. The molecule has 3 aromatic rings. The van der Waals surface area contributed by atoms with Gasteiger partial charge in [-0.3, -0.25) is 9.67 Å². The Kier molecular flexibility index (Phi) is 3.71. The SMILES string of the molecule is CCn1nc(C)cc1C(NC)c1ccc2cccnc2c1. The van der Waals surface area contributed by atoms with Crippen molar-refractivity contribution in [3.05, 3.63) is 59.5 Å². The molecule has 4 nitrogen and oxygen atoms in total. The van der Waals surface area contributed by atoms with Crippen molar-refractivity contribution in [1.82, 2.24) is 20.1 Å². The lowest BCUT2D eigenvalue weighted by molar-refractivity contribution is 0.561. The van der Waals surface area contributed by atoms with E-state index >= 15 is 0 Å². The van der Waals surface area contributed by atoms with E-state index in [9.17, 15) is 0 Å². The van der Waals surface area contributed by atoms with E-state index in [1.54, 1.807) is 0 Å². The topological polar surface area (TPSA) is 42.7 Å². The summed E-state index contributed by atoms with van der Waals surface area (Å²) in [6.07, 6.45) is 1.83. The first kappa shape index (κ1) is 13.8. The van der Waals surface area contributed by atoms with Crippen molar-refractivity contribution in [3.63, 3.8) is 0 Å². The minimum absolute atomic E-state index is 0.123. The van der Waals surface area contributed by atoms with E-state index in [0.717, 1.165) is 23.1 Å². The summed E-state index contributed by atoms with van der Waals surface area (Å²) < 4.78 is 2.05. The Morgan fingerprint density at radius 1 is 1.24 bits per heavy atom. The summed E-state index contributed by atoms with van der Waals surface area (Å²) >= 11 is 0.